The van der Waals surface area contributed by atoms with Crippen LogP contribution < -0.4 is 0 Å². The van der Waals surface area contributed by atoms with Gasteiger partial charge in [-0.05, 0) is 48.9 Å². The molecule has 0 atom stereocenters. The van der Waals surface area contributed by atoms with Gasteiger partial charge in [0.05, 0.1) is 5.60 Å². The van der Waals surface area contributed by atoms with E-state index in [1.165, 1.54) is 86.5 Å². The van der Waals surface area contributed by atoms with Gasteiger partial charge in [-0.15, -0.1) is 0 Å². The first-order valence-corrected chi connectivity index (χ1v) is 12.8. The van der Waals surface area contributed by atoms with Crippen molar-refractivity contribution in [2.75, 3.05) is 7.11 Å². The number of benzene rings is 2. The van der Waals surface area contributed by atoms with Crippen molar-refractivity contribution in [3.63, 3.8) is 0 Å². The van der Waals surface area contributed by atoms with Gasteiger partial charge < -0.3 is 4.74 Å². The SMILES string of the molecule is CC.CCCCCCCCCCCC(C)(C)OC.c1ccc2c(c1)Cc1ccccc1-2. The lowest BCUT2D eigenvalue weighted by Gasteiger charge is -2.22. The minimum atomic E-state index is 0.0845. The molecule has 0 spiro atoms. The predicted octanol–water partition coefficient (Wildman–Crippen LogP) is 9.62. The van der Waals surface area contributed by atoms with Gasteiger partial charge in [-0.25, -0.2) is 0 Å². The molecule has 2 aromatic rings. The Bertz CT molecular complexity index is 658. The van der Waals surface area contributed by atoms with E-state index in [1.54, 1.807) is 0 Å². The standard InChI is InChI=1S/C15H32O.C13H10.C2H6/c1-5-6-7-8-9-10-11-12-13-14-15(2,3)16-4;1-3-7-12-10(5-1)9-11-6-2-4-8-13(11)12;1-2/h5-14H2,1-4H3;1-8H,9H2;1-2H3. The number of ether oxygens (including phenoxy) is 1. The van der Waals surface area contributed by atoms with Crippen LogP contribution in [0.15, 0.2) is 48.5 Å². The highest BCUT2D eigenvalue weighted by Crippen LogP contribution is 2.35. The van der Waals surface area contributed by atoms with Crippen molar-refractivity contribution in [2.45, 2.75) is 111 Å². The Morgan fingerprint density at radius 1 is 0.677 bits per heavy atom. The van der Waals surface area contributed by atoms with E-state index >= 15 is 0 Å². The van der Waals surface area contributed by atoms with E-state index in [1.807, 2.05) is 21.0 Å². The Morgan fingerprint density at radius 2 is 1.10 bits per heavy atom. The van der Waals surface area contributed by atoms with Crippen LogP contribution in [0, 0.1) is 0 Å². The van der Waals surface area contributed by atoms with Crippen molar-refractivity contribution in [3.8, 4) is 11.1 Å². The predicted molar refractivity (Wildman–Crippen MR) is 139 cm³/mol. The third-order valence-corrected chi connectivity index (χ3v) is 6.14. The first-order chi connectivity index (χ1) is 15.1. The Hall–Kier alpha value is -1.60. The number of unbranched alkanes of at least 4 members (excludes halogenated alkanes) is 8. The summed E-state index contributed by atoms with van der Waals surface area (Å²) in [5, 5.41) is 0. The van der Waals surface area contributed by atoms with Crippen LogP contribution in [0.1, 0.15) is 110 Å². The number of rotatable bonds is 11. The minimum Gasteiger partial charge on any atom is -0.379 e. The summed E-state index contributed by atoms with van der Waals surface area (Å²) in [5.74, 6) is 0. The smallest absolute Gasteiger partial charge is 0.0622 e. The molecule has 0 heterocycles. The highest BCUT2D eigenvalue weighted by atomic mass is 16.5. The third-order valence-electron chi connectivity index (χ3n) is 6.14. The normalized spacial score (nSPS) is 11.5. The number of fused-ring (bicyclic) bond motifs is 3. The summed E-state index contributed by atoms with van der Waals surface area (Å²) in [6.45, 7) is 10.6. The molecule has 0 aromatic heterocycles. The lowest BCUT2D eigenvalue weighted by Crippen LogP contribution is -2.21. The van der Waals surface area contributed by atoms with E-state index in [0.717, 1.165) is 6.42 Å². The van der Waals surface area contributed by atoms with Crippen LogP contribution in [-0.4, -0.2) is 12.7 Å². The van der Waals surface area contributed by atoms with Gasteiger partial charge in [0, 0.05) is 7.11 Å². The van der Waals surface area contributed by atoms with E-state index in [9.17, 15) is 0 Å². The zero-order valence-corrected chi connectivity index (χ0v) is 21.3. The summed E-state index contributed by atoms with van der Waals surface area (Å²) < 4.78 is 5.41. The Morgan fingerprint density at radius 3 is 1.55 bits per heavy atom. The molecule has 1 heteroatoms. The van der Waals surface area contributed by atoms with Crippen LogP contribution in [-0.2, 0) is 11.2 Å². The minimum absolute atomic E-state index is 0.0845. The Balaban J connectivity index is 0.000000290. The van der Waals surface area contributed by atoms with Crippen LogP contribution in [0.25, 0.3) is 11.1 Å². The second kappa shape index (κ2) is 16.1. The van der Waals surface area contributed by atoms with Gasteiger partial charge in [0.25, 0.3) is 0 Å². The Labute approximate surface area is 193 Å². The average molecular weight is 425 g/mol. The van der Waals surface area contributed by atoms with Gasteiger partial charge in [-0.2, -0.15) is 0 Å². The zero-order chi connectivity index (χ0) is 23.0. The quantitative estimate of drug-likeness (QED) is 0.278. The van der Waals surface area contributed by atoms with Crippen LogP contribution in [0.3, 0.4) is 0 Å². The van der Waals surface area contributed by atoms with Gasteiger partial charge in [-0.3, -0.25) is 0 Å². The fourth-order valence-corrected chi connectivity index (χ4v) is 4.04. The molecule has 1 nitrogen and oxygen atoms in total. The van der Waals surface area contributed by atoms with Crippen molar-refractivity contribution < 1.29 is 4.74 Å². The second-order valence-corrected chi connectivity index (χ2v) is 9.03. The molecule has 0 saturated carbocycles. The first-order valence-electron chi connectivity index (χ1n) is 12.8. The molecule has 0 N–H and O–H groups in total. The van der Waals surface area contributed by atoms with Crippen molar-refractivity contribution in [3.05, 3.63) is 59.7 Å². The summed E-state index contributed by atoms with van der Waals surface area (Å²) in [6.07, 6.45) is 14.9. The van der Waals surface area contributed by atoms with E-state index in [0.29, 0.717) is 0 Å². The highest BCUT2D eigenvalue weighted by molar-refractivity contribution is 5.76. The molecule has 0 radical (unpaired) electrons. The van der Waals surface area contributed by atoms with Crippen LogP contribution in [0.5, 0.6) is 0 Å². The summed E-state index contributed by atoms with van der Waals surface area (Å²) in [7, 11) is 1.81. The molecule has 2 aromatic carbocycles. The topological polar surface area (TPSA) is 9.23 Å². The summed E-state index contributed by atoms with van der Waals surface area (Å²) in [6, 6.07) is 17.3. The summed E-state index contributed by atoms with van der Waals surface area (Å²) in [4.78, 5) is 0. The molecule has 1 aliphatic rings. The lowest BCUT2D eigenvalue weighted by atomic mass is 9.99. The number of methoxy groups -OCH3 is 1. The largest absolute Gasteiger partial charge is 0.379 e. The molecule has 0 aliphatic heterocycles. The molecule has 0 fully saturated rings. The fourth-order valence-electron chi connectivity index (χ4n) is 4.04. The molecule has 0 amide bonds. The average Bonchev–Trinajstić information content (AvgIpc) is 3.18. The van der Waals surface area contributed by atoms with Crippen molar-refractivity contribution in [1.29, 1.82) is 0 Å². The number of hydrogen-bond donors (Lipinski definition) is 0. The maximum atomic E-state index is 5.41. The summed E-state index contributed by atoms with van der Waals surface area (Å²) in [5.41, 5.74) is 5.84. The van der Waals surface area contributed by atoms with Crippen molar-refractivity contribution >= 4 is 0 Å². The fraction of sp³-hybridized carbons (Fsp3) is 0.600. The summed E-state index contributed by atoms with van der Waals surface area (Å²) >= 11 is 0. The molecule has 174 valence electrons. The molecule has 0 bridgehead atoms. The van der Waals surface area contributed by atoms with E-state index in [-0.39, 0.29) is 5.60 Å². The van der Waals surface area contributed by atoms with Gasteiger partial charge in [0.2, 0.25) is 0 Å². The maximum Gasteiger partial charge on any atom is 0.0622 e. The third kappa shape index (κ3) is 10.5. The van der Waals surface area contributed by atoms with Crippen LogP contribution >= 0.6 is 0 Å². The van der Waals surface area contributed by atoms with E-state index < -0.39 is 0 Å². The first kappa shape index (κ1) is 27.4. The van der Waals surface area contributed by atoms with E-state index in [2.05, 4.69) is 69.3 Å². The van der Waals surface area contributed by atoms with Crippen LogP contribution in [0.2, 0.25) is 0 Å². The number of hydrogen-bond acceptors (Lipinski definition) is 1. The maximum absolute atomic E-state index is 5.41. The van der Waals surface area contributed by atoms with E-state index in [4.69, 9.17) is 4.74 Å². The van der Waals surface area contributed by atoms with Gasteiger partial charge in [-0.1, -0.05) is 127 Å². The molecular formula is C30H48O. The molecule has 3 rings (SSSR count). The van der Waals surface area contributed by atoms with Crippen molar-refractivity contribution in [2.24, 2.45) is 0 Å². The monoisotopic (exact) mass is 424 g/mol. The van der Waals surface area contributed by atoms with Gasteiger partial charge in [0.15, 0.2) is 0 Å². The molecule has 0 unspecified atom stereocenters. The molecule has 1 aliphatic carbocycles. The molecule has 0 saturated heterocycles. The lowest BCUT2D eigenvalue weighted by molar-refractivity contribution is 0.0134. The van der Waals surface area contributed by atoms with Gasteiger partial charge in [0.1, 0.15) is 0 Å². The Kier molecular flexibility index (Phi) is 14.2. The van der Waals surface area contributed by atoms with Crippen LogP contribution in [0.4, 0.5) is 0 Å². The zero-order valence-electron chi connectivity index (χ0n) is 21.3. The van der Waals surface area contributed by atoms with Gasteiger partial charge >= 0.3 is 0 Å². The highest BCUT2D eigenvalue weighted by Gasteiger charge is 2.16. The molecule has 31 heavy (non-hydrogen) atoms. The van der Waals surface area contributed by atoms with Crippen molar-refractivity contribution in [1.82, 2.24) is 0 Å². The molecular weight excluding hydrogens is 376 g/mol. The second-order valence-electron chi connectivity index (χ2n) is 9.03.